The van der Waals surface area contributed by atoms with Crippen LogP contribution >= 0.6 is 0 Å². The molecule has 1 aromatic heterocycles. The van der Waals surface area contributed by atoms with Gasteiger partial charge in [0.25, 0.3) is 0 Å². The number of hydrogen-bond donors (Lipinski definition) is 1. The van der Waals surface area contributed by atoms with Gasteiger partial charge in [-0.2, -0.15) is 0 Å². The van der Waals surface area contributed by atoms with Crippen LogP contribution in [-0.2, 0) is 6.54 Å². The third kappa shape index (κ3) is 2.96. The molecule has 0 aliphatic carbocycles. The average molecular weight is 271 g/mol. The van der Waals surface area contributed by atoms with E-state index in [0.29, 0.717) is 6.54 Å². The van der Waals surface area contributed by atoms with Crippen molar-refractivity contribution in [2.24, 2.45) is 0 Å². The zero-order valence-corrected chi connectivity index (χ0v) is 12.5. The molecule has 106 valence electrons. The van der Waals surface area contributed by atoms with Crippen LogP contribution in [0.2, 0.25) is 0 Å². The van der Waals surface area contributed by atoms with Gasteiger partial charge in [0, 0.05) is 18.9 Å². The first-order valence-corrected chi connectivity index (χ1v) is 6.79. The Hall–Kier alpha value is -1.94. The molecule has 0 aliphatic heterocycles. The van der Waals surface area contributed by atoms with E-state index in [1.165, 1.54) is 28.5 Å². The summed E-state index contributed by atoms with van der Waals surface area (Å²) in [5, 5.41) is 3.31. The van der Waals surface area contributed by atoms with Gasteiger partial charge in [-0.15, -0.1) is 0 Å². The maximum atomic E-state index is 11.7. The van der Waals surface area contributed by atoms with Crippen LogP contribution in [0, 0.1) is 20.8 Å². The van der Waals surface area contributed by atoms with Crippen LogP contribution in [-0.4, -0.2) is 16.6 Å². The minimum Gasteiger partial charge on any atom is -0.312 e. The Bertz CT molecular complexity index is 638. The summed E-state index contributed by atoms with van der Waals surface area (Å²) in [5.74, 6) is 0. The molecule has 1 unspecified atom stereocenters. The smallest absolute Gasteiger partial charge is 0.312 e. The van der Waals surface area contributed by atoms with E-state index in [2.05, 4.69) is 43.2 Å². The monoisotopic (exact) mass is 271 g/mol. The molecule has 0 amide bonds. The number of benzene rings is 1. The highest BCUT2D eigenvalue weighted by molar-refractivity contribution is 5.39. The maximum Gasteiger partial charge on any atom is 0.347 e. The Morgan fingerprint density at radius 3 is 2.45 bits per heavy atom. The number of aryl methyl sites for hydroxylation is 3. The topological polar surface area (TPSA) is 46.9 Å². The van der Waals surface area contributed by atoms with Gasteiger partial charge in [-0.1, -0.05) is 17.7 Å². The summed E-state index contributed by atoms with van der Waals surface area (Å²) < 4.78 is 1.64. The Balaban J connectivity index is 2.39. The van der Waals surface area contributed by atoms with Gasteiger partial charge in [0.05, 0.1) is 6.04 Å². The highest BCUT2D eigenvalue weighted by Crippen LogP contribution is 2.24. The molecule has 0 aliphatic rings. The number of nitrogens with one attached hydrogen (secondary N) is 1. The van der Waals surface area contributed by atoms with Gasteiger partial charge in [-0.3, -0.25) is 4.57 Å². The lowest BCUT2D eigenvalue weighted by molar-refractivity contribution is 0.481. The molecule has 4 heteroatoms. The molecule has 0 saturated heterocycles. The van der Waals surface area contributed by atoms with E-state index in [9.17, 15) is 4.79 Å². The summed E-state index contributed by atoms with van der Waals surface area (Å²) in [4.78, 5) is 15.5. The summed E-state index contributed by atoms with van der Waals surface area (Å²) in [7, 11) is 1.92. The van der Waals surface area contributed by atoms with Crippen molar-refractivity contribution in [3.05, 3.63) is 63.3 Å². The molecule has 1 atom stereocenters. The van der Waals surface area contributed by atoms with Crippen LogP contribution in [0.4, 0.5) is 0 Å². The van der Waals surface area contributed by atoms with Crippen LogP contribution in [0.5, 0.6) is 0 Å². The third-order valence-corrected chi connectivity index (χ3v) is 3.60. The summed E-state index contributed by atoms with van der Waals surface area (Å²) in [6, 6.07) is 6.23. The van der Waals surface area contributed by atoms with Gasteiger partial charge in [0.1, 0.15) is 0 Å². The van der Waals surface area contributed by atoms with E-state index in [4.69, 9.17) is 0 Å². The van der Waals surface area contributed by atoms with E-state index < -0.39 is 0 Å². The number of aromatic nitrogens is 2. The molecule has 0 spiro atoms. The largest absolute Gasteiger partial charge is 0.347 e. The molecule has 1 aromatic carbocycles. The van der Waals surface area contributed by atoms with E-state index in [1.54, 1.807) is 16.8 Å². The predicted octanol–water partition coefficient (Wildman–Crippen LogP) is 2.13. The van der Waals surface area contributed by atoms with Crippen molar-refractivity contribution in [1.82, 2.24) is 14.9 Å². The van der Waals surface area contributed by atoms with Gasteiger partial charge >= 0.3 is 5.69 Å². The van der Waals surface area contributed by atoms with Crippen molar-refractivity contribution < 1.29 is 0 Å². The highest BCUT2D eigenvalue weighted by Gasteiger charge is 2.16. The minimum absolute atomic E-state index is 0.0949. The third-order valence-electron chi connectivity index (χ3n) is 3.60. The normalized spacial score (nSPS) is 12.4. The lowest BCUT2D eigenvalue weighted by atomic mass is 9.94. The molecule has 0 bridgehead atoms. The van der Waals surface area contributed by atoms with E-state index in [1.807, 2.05) is 7.05 Å². The van der Waals surface area contributed by atoms with Crippen molar-refractivity contribution in [1.29, 1.82) is 0 Å². The van der Waals surface area contributed by atoms with E-state index in [0.717, 1.165) is 0 Å². The number of nitrogens with zero attached hydrogens (tertiary/aromatic N) is 2. The van der Waals surface area contributed by atoms with Crippen molar-refractivity contribution >= 4 is 0 Å². The first kappa shape index (κ1) is 14.5. The molecule has 0 fully saturated rings. The van der Waals surface area contributed by atoms with E-state index >= 15 is 0 Å². The number of hydrogen-bond acceptors (Lipinski definition) is 3. The fraction of sp³-hybridized carbons (Fsp3) is 0.375. The lowest BCUT2D eigenvalue weighted by Gasteiger charge is -2.22. The summed E-state index contributed by atoms with van der Waals surface area (Å²) in [5.41, 5.74) is 4.80. The van der Waals surface area contributed by atoms with Crippen molar-refractivity contribution in [3.8, 4) is 0 Å². The molecule has 0 radical (unpaired) electrons. The van der Waals surface area contributed by atoms with Crippen LogP contribution in [0.15, 0.2) is 35.4 Å². The Morgan fingerprint density at radius 2 is 1.90 bits per heavy atom. The molecule has 4 nitrogen and oxygen atoms in total. The summed E-state index contributed by atoms with van der Waals surface area (Å²) in [6.07, 6.45) is 3.30. The first-order valence-electron chi connectivity index (χ1n) is 6.79. The van der Waals surface area contributed by atoms with Crippen LogP contribution in [0.1, 0.15) is 28.3 Å². The fourth-order valence-corrected chi connectivity index (χ4v) is 2.79. The van der Waals surface area contributed by atoms with Gasteiger partial charge < -0.3 is 5.32 Å². The Morgan fingerprint density at radius 1 is 1.25 bits per heavy atom. The standard InChI is InChI=1S/C16H21N3O/c1-11-8-12(2)15(13(3)9-11)14(17-4)10-19-7-5-6-18-16(19)20/h5-9,14,17H,10H2,1-4H3. The van der Waals surface area contributed by atoms with Crippen LogP contribution < -0.4 is 11.0 Å². The molecule has 0 saturated carbocycles. The second-order valence-corrected chi connectivity index (χ2v) is 5.21. The van der Waals surface area contributed by atoms with Gasteiger partial charge in [-0.05, 0) is 50.6 Å². The SMILES string of the molecule is CNC(Cn1cccnc1=O)c1c(C)cc(C)cc1C. The average Bonchev–Trinajstić information content (AvgIpc) is 2.38. The molecular weight excluding hydrogens is 250 g/mol. The summed E-state index contributed by atoms with van der Waals surface area (Å²) >= 11 is 0. The molecule has 1 N–H and O–H groups in total. The van der Waals surface area contributed by atoms with Crippen molar-refractivity contribution in [2.75, 3.05) is 7.05 Å². The number of rotatable bonds is 4. The molecule has 1 heterocycles. The highest BCUT2D eigenvalue weighted by atomic mass is 16.1. The molecule has 2 rings (SSSR count). The zero-order valence-electron chi connectivity index (χ0n) is 12.5. The first-order chi connectivity index (χ1) is 9.52. The van der Waals surface area contributed by atoms with Gasteiger partial charge in [0.2, 0.25) is 0 Å². The number of likely N-dealkylation sites (N-methyl/N-ethyl adjacent to an activating group) is 1. The zero-order chi connectivity index (χ0) is 14.7. The molecular formula is C16H21N3O. The Labute approximate surface area is 119 Å². The minimum atomic E-state index is -0.213. The van der Waals surface area contributed by atoms with E-state index in [-0.39, 0.29) is 11.7 Å². The van der Waals surface area contributed by atoms with Gasteiger partial charge in [-0.25, -0.2) is 9.78 Å². The van der Waals surface area contributed by atoms with Crippen LogP contribution in [0.3, 0.4) is 0 Å². The molecule has 20 heavy (non-hydrogen) atoms. The van der Waals surface area contributed by atoms with Crippen LogP contribution in [0.25, 0.3) is 0 Å². The fourth-order valence-electron chi connectivity index (χ4n) is 2.79. The summed E-state index contributed by atoms with van der Waals surface area (Å²) in [6.45, 7) is 6.91. The quantitative estimate of drug-likeness (QED) is 0.926. The maximum absolute atomic E-state index is 11.7. The second-order valence-electron chi connectivity index (χ2n) is 5.21. The van der Waals surface area contributed by atoms with Crippen molar-refractivity contribution in [2.45, 2.75) is 33.4 Å². The Kier molecular flexibility index (Phi) is 4.35. The predicted molar refractivity (Wildman–Crippen MR) is 81.0 cm³/mol. The molecule has 2 aromatic rings. The van der Waals surface area contributed by atoms with Crippen molar-refractivity contribution in [3.63, 3.8) is 0 Å². The lowest BCUT2D eigenvalue weighted by Crippen LogP contribution is -2.30. The van der Waals surface area contributed by atoms with Gasteiger partial charge in [0.15, 0.2) is 0 Å². The second kappa shape index (κ2) is 6.01.